The molecule has 0 radical (unpaired) electrons. The maximum absolute atomic E-state index is 9.56. The third kappa shape index (κ3) is 3.10. The lowest BCUT2D eigenvalue weighted by Gasteiger charge is -2.10. The Morgan fingerprint density at radius 2 is 1.53 bits per heavy atom. The number of halogens is 1. The van der Waals surface area contributed by atoms with Gasteiger partial charge in [-0.05, 0) is 65.9 Å². The average molecular weight is 309 g/mol. The summed E-state index contributed by atoms with van der Waals surface area (Å²) < 4.78 is 0. The van der Waals surface area contributed by atoms with Crippen molar-refractivity contribution in [2.75, 3.05) is 0 Å². The molecule has 0 aliphatic heterocycles. The molecule has 0 aromatic heterocycles. The van der Waals surface area contributed by atoms with E-state index >= 15 is 0 Å². The van der Waals surface area contributed by atoms with E-state index in [1.807, 2.05) is 12.1 Å². The second-order valence-corrected chi connectivity index (χ2v) is 5.09. The van der Waals surface area contributed by atoms with Gasteiger partial charge in [-0.2, -0.15) is 0 Å². The molecule has 96 valence electrons. The van der Waals surface area contributed by atoms with Crippen molar-refractivity contribution in [3.05, 3.63) is 58.6 Å². The van der Waals surface area contributed by atoms with Crippen molar-refractivity contribution < 1.29 is 10.2 Å². The number of benzene rings is 2. The van der Waals surface area contributed by atoms with E-state index in [-0.39, 0.29) is 10.1 Å². The van der Waals surface area contributed by atoms with Crippen LogP contribution in [0.25, 0.3) is 11.1 Å². The minimum absolute atomic E-state index is 0.203. The molecule has 5 heteroatoms. The van der Waals surface area contributed by atoms with Gasteiger partial charge in [0.15, 0.2) is 10.1 Å². The Morgan fingerprint density at radius 3 is 2.05 bits per heavy atom. The standard InChI is InChI=1S/C14H9ClO2S2/c15-10-4-1-8(2-5-10)12-7-9(13(16)18)3-6-11(12)14(17)19/h1-7H,(H,16,18)(H,17,19). The van der Waals surface area contributed by atoms with Gasteiger partial charge in [0.05, 0.1) is 0 Å². The zero-order chi connectivity index (χ0) is 14.0. The van der Waals surface area contributed by atoms with Gasteiger partial charge in [-0.3, -0.25) is 0 Å². The highest BCUT2D eigenvalue weighted by Crippen LogP contribution is 2.27. The molecular weight excluding hydrogens is 300 g/mol. The normalized spacial score (nSPS) is 10.2. The Kier molecular flexibility index (Phi) is 4.14. The highest BCUT2D eigenvalue weighted by Gasteiger charge is 2.11. The summed E-state index contributed by atoms with van der Waals surface area (Å²) in [5, 5.41) is 19.1. The fourth-order valence-corrected chi connectivity index (χ4v) is 2.16. The highest BCUT2D eigenvalue weighted by molar-refractivity contribution is 7.80. The largest absolute Gasteiger partial charge is 0.499 e. The van der Waals surface area contributed by atoms with Gasteiger partial charge in [-0.25, -0.2) is 0 Å². The number of aliphatic hydroxyl groups excluding tert-OH is 2. The van der Waals surface area contributed by atoms with Gasteiger partial charge in [0, 0.05) is 16.1 Å². The molecule has 2 rings (SSSR count). The molecule has 0 aliphatic carbocycles. The quantitative estimate of drug-likeness (QED) is 0.821. The van der Waals surface area contributed by atoms with Crippen molar-refractivity contribution >= 4 is 46.1 Å². The Morgan fingerprint density at radius 1 is 0.895 bits per heavy atom. The summed E-state index contributed by atoms with van der Waals surface area (Å²) in [5.41, 5.74) is 2.53. The third-order valence-corrected chi connectivity index (χ3v) is 3.36. The molecule has 2 aromatic carbocycles. The molecule has 0 fully saturated rings. The second-order valence-electron chi connectivity index (χ2n) is 3.88. The van der Waals surface area contributed by atoms with Gasteiger partial charge < -0.3 is 10.2 Å². The third-order valence-electron chi connectivity index (χ3n) is 2.65. The Balaban J connectivity index is 2.64. The van der Waals surface area contributed by atoms with Crippen LogP contribution in [-0.4, -0.2) is 20.3 Å². The van der Waals surface area contributed by atoms with Gasteiger partial charge in [-0.15, -0.1) is 0 Å². The topological polar surface area (TPSA) is 40.5 Å². The molecule has 2 N–H and O–H groups in total. The molecule has 2 nitrogen and oxygen atoms in total. The monoisotopic (exact) mass is 308 g/mol. The first-order valence-corrected chi connectivity index (χ1v) is 6.55. The molecule has 0 saturated carbocycles. The molecule has 0 saturated heterocycles. The molecule has 19 heavy (non-hydrogen) atoms. The SMILES string of the molecule is OC(=S)c1ccc(C(O)=S)c(-c2ccc(Cl)cc2)c1. The van der Waals surface area contributed by atoms with Crippen LogP contribution >= 0.6 is 36.0 Å². The fourth-order valence-electron chi connectivity index (χ4n) is 1.73. The van der Waals surface area contributed by atoms with Gasteiger partial charge in [0.1, 0.15) is 0 Å². The maximum atomic E-state index is 9.56. The smallest absolute Gasteiger partial charge is 0.189 e. The van der Waals surface area contributed by atoms with E-state index in [2.05, 4.69) is 0 Å². The number of thiocarbonyl (C=S) groups is 2. The van der Waals surface area contributed by atoms with E-state index in [0.29, 0.717) is 21.7 Å². The van der Waals surface area contributed by atoms with Crippen LogP contribution in [0.3, 0.4) is 0 Å². The van der Waals surface area contributed by atoms with Crippen LogP contribution in [-0.2, 0) is 0 Å². The van der Waals surface area contributed by atoms with Crippen molar-refractivity contribution in [1.82, 2.24) is 0 Å². The summed E-state index contributed by atoms with van der Waals surface area (Å²) in [6.07, 6.45) is 0. The average Bonchev–Trinajstić information content (AvgIpc) is 2.38. The van der Waals surface area contributed by atoms with Crippen molar-refractivity contribution in [2.24, 2.45) is 0 Å². The predicted molar refractivity (Wildman–Crippen MR) is 85.5 cm³/mol. The van der Waals surface area contributed by atoms with E-state index in [4.69, 9.17) is 36.0 Å². The van der Waals surface area contributed by atoms with E-state index in [1.54, 1.807) is 30.3 Å². The summed E-state index contributed by atoms with van der Waals surface area (Å²) in [4.78, 5) is 0. The summed E-state index contributed by atoms with van der Waals surface area (Å²) in [7, 11) is 0. The Hall–Kier alpha value is -1.49. The molecule has 0 amide bonds. The lowest BCUT2D eigenvalue weighted by atomic mass is 9.97. The number of rotatable bonds is 3. The zero-order valence-corrected chi connectivity index (χ0v) is 12.0. The first kappa shape index (κ1) is 13.9. The first-order valence-electron chi connectivity index (χ1n) is 5.35. The van der Waals surface area contributed by atoms with Crippen molar-refractivity contribution in [1.29, 1.82) is 0 Å². The van der Waals surface area contributed by atoms with Crippen LogP contribution < -0.4 is 0 Å². The van der Waals surface area contributed by atoms with Gasteiger partial charge in [0.25, 0.3) is 0 Å². The van der Waals surface area contributed by atoms with Crippen molar-refractivity contribution in [3.63, 3.8) is 0 Å². The molecule has 0 spiro atoms. The Bertz CT molecular complexity index is 651. The van der Waals surface area contributed by atoms with Gasteiger partial charge in [-0.1, -0.05) is 23.7 Å². The molecule has 0 aliphatic rings. The number of hydrogen-bond acceptors (Lipinski definition) is 2. The van der Waals surface area contributed by atoms with Crippen molar-refractivity contribution in [2.45, 2.75) is 0 Å². The van der Waals surface area contributed by atoms with E-state index in [1.165, 1.54) is 0 Å². The van der Waals surface area contributed by atoms with E-state index in [9.17, 15) is 10.2 Å². The lowest BCUT2D eigenvalue weighted by molar-refractivity contribution is 0.569. The minimum atomic E-state index is -0.208. The molecule has 0 atom stereocenters. The van der Waals surface area contributed by atoms with E-state index < -0.39 is 0 Å². The van der Waals surface area contributed by atoms with Crippen LogP contribution in [0.15, 0.2) is 42.5 Å². The number of aliphatic hydroxyl groups is 2. The summed E-state index contributed by atoms with van der Waals surface area (Å²) in [5.74, 6) is 0. The zero-order valence-electron chi connectivity index (χ0n) is 9.63. The molecule has 0 heterocycles. The van der Waals surface area contributed by atoms with Crippen LogP contribution in [0.5, 0.6) is 0 Å². The summed E-state index contributed by atoms with van der Waals surface area (Å²) in [6.45, 7) is 0. The number of hydrogen-bond donors (Lipinski definition) is 2. The molecule has 0 unspecified atom stereocenters. The highest BCUT2D eigenvalue weighted by atomic mass is 35.5. The van der Waals surface area contributed by atoms with Crippen LogP contribution in [0.4, 0.5) is 0 Å². The summed E-state index contributed by atoms with van der Waals surface area (Å²) >= 11 is 15.4. The fraction of sp³-hybridized carbons (Fsp3) is 0. The summed E-state index contributed by atoms with van der Waals surface area (Å²) in [6, 6.07) is 12.0. The first-order chi connectivity index (χ1) is 8.99. The van der Waals surface area contributed by atoms with E-state index in [0.717, 1.165) is 5.56 Å². The molecule has 2 aromatic rings. The van der Waals surface area contributed by atoms with Crippen LogP contribution in [0.2, 0.25) is 5.02 Å². The van der Waals surface area contributed by atoms with Gasteiger partial charge in [0.2, 0.25) is 0 Å². The van der Waals surface area contributed by atoms with Gasteiger partial charge >= 0.3 is 0 Å². The molecular formula is C14H9ClO2S2. The Labute approximate surface area is 126 Å². The van der Waals surface area contributed by atoms with Crippen molar-refractivity contribution in [3.8, 4) is 11.1 Å². The second kappa shape index (κ2) is 5.65. The van der Waals surface area contributed by atoms with Crippen LogP contribution in [0.1, 0.15) is 11.1 Å². The molecule has 0 bridgehead atoms. The predicted octanol–water partition coefficient (Wildman–Crippen LogP) is 4.47. The maximum Gasteiger partial charge on any atom is 0.189 e. The van der Waals surface area contributed by atoms with Crippen LogP contribution in [0, 0.1) is 0 Å². The lowest BCUT2D eigenvalue weighted by Crippen LogP contribution is -2.02. The minimum Gasteiger partial charge on any atom is -0.499 e.